The summed E-state index contributed by atoms with van der Waals surface area (Å²) in [4.78, 5) is 26.9. The number of carbonyl (C=O) groups excluding carboxylic acids is 2. The van der Waals surface area contributed by atoms with Gasteiger partial charge in [0, 0.05) is 19.4 Å². The summed E-state index contributed by atoms with van der Waals surface area (Å²) < 4.78 is 12.0. The number of ether oxygens (including phenoxy) is 2. The molecule has 0 aromatic rings. The summed E-state index contributed by atoms with van der Waals surface area (Å²) in [6.07, 6.45) is 44.1. The molecule has 1 atom stereocenters. The van der Waals surface area contributed by atoms with E-state index in [4.69, 9.17) is 9.47 Å². The summed E-state index contributed by atoms with van der Waals surface area (Å²) >= 11 is 0. The molecule has 5 nitrogen and oxygen atoms in total. The molecule has 1 N–H and O–H groups in total. The molecular weight excluding hydrogens is 584 g/mol. The van der Waals surface area contributed by atoms with Crippen LogP contribution in [0, 0.1) is 0 Å². The summed E-state index contributed by atoms with van der Waals surface area (Å²) in [5.41, 5.74) is 0. The van der Waals surface area contributed by atoms with Gasteiger partial charge >= 0.3 is 0 Å². The Morgan fingerprint density at radius 1 is 0.596 bits per heavy atom. The third kappa shape index (κ3) is 22.4. The lowest BCUT2D eigenvalue weighted by atomic mass is 9.94. The van der Waals surface area contributed by atoms with Gasteiger partial charge in [-0.3, -0.25) is 9.59 Å². The Kier molecular flexibility index (Phi) is 28.9. The maximum atomic E-state index is 13.4. The molecule has 0 radical (unpaired) electrons. The fourth-order valence-corrected chi connectivity index (χ4v) is 5.98. The van der Waals surface area contributed by atoms with Crippen LogP contribution in [0.15, 0.2) is 48.6 Å². The molecule has 0 aromatic carbocycles. The predicted molar refractivity (Wildman–Crippen MR) is 199 cm³/mol. The first-order chi connectivity index (χ1) is 23.1. The first-order valence-electron chi connectivity index (χ1n) is 19.7. The summed E-state index contributed by atoms with van der Waals surface area (Å²) in [5, 5.41) is 9.47. The van der Waals surface area contributed by atoms with Gasteiger partial charge in [0.2, 0.25) is 0 Å². The van der Waals surface area contributed by atoms with Gasteiger partial charge in [-0.05, 0) is 89.9 Å². The van der Waals surface area contributed by atoms with Crippen LogP contribution in [0.5, 0.6) is 0 Å². The van der Waals surface area contributed by atoms with Crippen molar-refractivity contribution in [3.05, 3.63) is 48.6 Å². The second-order valence-corrected chi connectivity index (χ2v) is 13.3. The summed E-state index contributed by atoms with van der Waals surface area (Å²) in [5.74, 6) is -2.25. The van der Waals surface area contributed by atoms with Crippen LogP contribution in [0.3, 0.4) is 0 Å². The largest absolute Gasteiger partial charge is 0.396 e. The number of hydrogen-bond donors (Lipinski definition) is 1. The van der Waals surface area contributed by atoms with Crippen LogP contribution < -0.4 is 0 Å². The Morgan fingerprint density at radius 3 is 1.43 bits per heavy atom. The molecule has 0 bridgehead atoms. The number of aliphatic hydroxyl groups excluding tert-OH is 1. The van der Waals surface area contributed by atoms with Crippen molar-refractivity contribution in [3.8, 4) is 0 Å². The van der Waals surface area contributed by atoms with Crippen LogP contribution in [-0.2, 0) is 19.1 Å². The third-order valence-electron chi connectivity index (χ3n) is 8.97. The lowest BCUT2D eigenvalue weighted by Gasteiger charge is -2.38. The fourth-order valence-electron chi connectivity index (χ4n) is 5.98. The van der Waals surface area contributed by atoms with E-state index in [0.717, 1.165) is 89.9 Å². The number of hydrogen-bond acceptors (Lipinski definition) is 5. The number of Topliss-reactive ketones (excluding diaryl/α,β-unsaturated/α-hetero) is 2. The van der Waals surface area contributed by atoms with Crippen LogP contribution in [0.25, 0.3) is 0 Å². The van der Waals surface area contributed by atoms with Gasteiger partial charge in [0.15, 0.2) is 11.6 Å². The van der Waals surface area contributed by atoms with Crippen LogP contribution in [0.2, 0.25) is 0 Å². The average molecular weight is 657 g/mol. The zero-order valence-electron chi connectivity index (χ0n) is 30.6. The molecular formula is C42H72O5. The van der Waals surface area contributed by atoms with Crippen molar-refractivity contribution in [1.29, 1.82) is 0 Å². The van der Waals surface area contributed by atoms with Crippen molar-refractivity contribution >= 4 is 11.6 Å². The quantitative estimate of drug-likeness (QED) is 0.0443. The van der Waals surface area contributed by atoms with Crippen molar-refractivity contribution in [1.82, 2.24) is 0 Å². The van der Waals surface area contributed by atoms with E-state index < -0.39 is 5.79 Å². The van der Waals surface area contributed by atoms with Crippen LogP contribution in [0.4, 0.5) is 0 Å². The van der Waals surface area contributed by atoms with Gasteiger partial charge in [0.25, 0.3) is 5.79 Å². The zero-order valence-corrected chi connectivity index (χ0v) is 30.6. The summed E-state index contributed by atoms with van der Waals surface area (Å²) in [6.45, 7) is 4.76. The molecule has 1 saturated heterocycles. The van der Waals surface area contributed by atoms with Gasteiger partial charge in [-0.25, -0.2) is 0 Å². The third-order valence-corrected chi connectivity index (χ3v) is 8.97. The highest BCUT2D eigenvalue weighted by Gasteiger charge is 2.50. The van der Waals surface area contributed by atoms with Crippen molar-refractivity contribution in [3.63, 3.8) is 0 Å². The molecule has 0 amide bonds. The number of unbranched alkanes of at least 4 members (excludes halogenated alkanes) is 16. The minimum atomic E-state index is -1.78. The van der Waals surface area contributed by atoms with Crippen molar-refractivity contribution < 1.29 is 24.2 Å². The maximum Gasteiger partial charge on any atom is 0.290 e. The molecule has 5 heteroatoms. The van der Waals surface area contributed by atoms with E-state index >= 15 is 0 Å². The molecule has 270 valence electrons. The number of aliphatic hydroxyl groups is 1. The van der Waals surface area contributed by atoms with Gasteiger partial charge in [0.05, 0.1) is 12.7 Å². The van der Waals surface area contributed by atoms with Crippen molar-refractivity contribution in [2.24, 2.45) is 0 Å². The summed E-state index contributed by atoms with van der Waals surface area (Å²) in [7, 11) is 0. The average Bonchev–Trinajstić information content (AvgIpc) is 3.08. The fraction of sp³-hybridized carbons (Fsp3) is 0.762. The topological polar surface area (TPSA) is 72.8 Å². The van der Waals surface area contributed by atoms with Crippen molar-refractivity contribution in [2.75, 3.05) is 13.2 Å². The first kappa shape index (κ1) is 43.2. The van der Waals surface area contributed by atoms with E-state index in [1.165, 1.54) is 51.4 Å². The Morgan fingerprint density at radius 2 is 1.00 bits per heavy atom. The van der Waals surface area contributed by atoms with E-state index in [0.29, 0.717) is 32.3 Å². The van der Waals surface area contributed by atoms with E-state index in [1.807, 2.05) is 0 Å². The SMILES string of the molecule is CCCCC/C=C\C/C=C\CCCCCCCC(=O)C1(C(=O)CCCCCCC/C=C\C/C=C\CCCCC)OCCC(CCO)O1. The highest BCUT2D eigenvalue weighted by molar-refractivity contribution is 6.08. The Hall–Kier alpha value is -1.82. The lowest BCUT2D eigenvalue weighted by molar-refractivity contribution is -0.265. The van der Waals surface area contributed by atoms with Gasteiger partial charge in [-0.15, -0.1) is 0 Å². The maximum absolute atomic E-state index is 13.4. The van der Waals surface area contributed by atoms with Crippen LogP contribution in [0.1, 0.15) is 181 Å². The minimum Gasteiger partial charge on any atom is -0.396 e. The molecule has 1 heterocycles. The lowest BCUT2D eigenvalue weighted by Crippen LogP contribution is -2.56. The number of ketones is 2. The number of carbonyl (C=O) groups is 2. The number of rotatable bonds is 32. The standard InChI is InChI=1S/C42H72O5/c1-3-5-7-9-11-13-15-17-19-21-23-25-27-29-31-33-40(44)42(46-38-36-39(47-42)35-37-43)41(45)34-32-30-28-26-24-22-20-18-16-14-12-10-8-6-4-2/h11-14,17-20,39,43H,3-10,15-16,21-38H2,1-2H3/b13-11-,14-12-,19-17-,20-18-. The van der Waals surface area contributed by atoms with E-state index in [-0.39, 0.29) is 24.3 Å². The molecule has 47 heavy (non-hydrogen) atoms. The van der Waals surface area contributed by atoms with Crippen LogP contribution in [-0.4, -0.2) is 41.8 Å². The Labute approximate surface area is 289 Å². The van der Waals surface area contributed by atoms with E-state index in [1.54, 1.807) is 0 Å². The predicted octanol–water partition coefficient (Wildman–Crippen LogP) is 11.6. The van der Waals surface area contributed by atoms with Gasteiger partial charge in [0.1, 0.15) is 0 Å². The van der Waals surface area contributed by atoms with Gasteiger partial charge < -0.3 is 14.6 Å². The highest BCUT2D eigenvalue weighted by Crippen LogP contribution is 2.31. The summed E-state index contributed by atoms with van der Waals surface area (Å²) in [6, 6.07) is 0. The molecule has 1 aliphatic heterocycles. The van der Waals surface area contributed by atoms with Gasteiger partial charge in [-0.2, -0.15) is 0 Å². The van der Waals surface area contributed by atoms with Crippen LogP contribution >= 0.6 is 0 Å². The monoisotopic (exact) mass is 657 g/mol. The molecule has 0 aromatic heterocycles. The Bertz CT molecular complexity index is 810. The second kappa shape index (κ2) is 31.4. The van der Waals surface area contributed by atoms with E-state index in [9.17, 15) is 14.7 Å². The molecule has 1 aliphatic rings. The highest BCUT2D eigenvalue weighted by atomic mass is 16.7. The minimum absolute atomic E-state index is 0.0288. The van der Waals surface area contributed by atoms with Crippen molar-refractivity contribution in [2.45, 2.75) is 193 Å². The van der Waals surface area contributed by atoms with Gasteiger partial charge in [-0.1, -0.05) is 127 Å². The normalized spacial score (nSPS) is 16.8. The molecule has 1 unspecified atom stereocenters. The molecule has 0 spiro atoms. The Balaban J connectivity index is 2.30. The second-order valence-electron chi connectivity index (χ2n) is 13.3. The molecule has 1 rings (SSSR count). The van der Waals surface area contributed by atoms with E-state index in [2.05, 4.69) is 62.5 Å². The smallest absolute Gasteiger partial charge is 0.290 e. The molecule has 1 fully saturated rings. The molecule has 0 saturated carbocycles. The molecule has 0 aliphatic carbocycles. The number of allylic oxidation sites excluding steroid dienone is 8. The first-order valence-corrected chi connectivity index (χ1v) is 19.7. The zero-order chi connectivity index (χ0) is 34.1.